The predicted molar refractivity (Wildman–Crippen MR) is 64.1 cm³/mol. The number of hydrogen-bond acceptors (Lipinski definition) is 5. The summed E-state index contributed by atoms with van der Waals surface area (Å²) in [4.78, 5) is 20.8. The van der Waals surface area contributed by atoms with E-state index < -0.39 is 28.9 Å². The number of nitrogens with zero attached hydrogens (tertiary/aromatic N) is 1. The smallest absolute Gasteiger partial charge is 0.332 e. The largest absolute Gasteiger partial charge is 0.484 e. The van der Waals surface area contributed by atoms with Crippen molar-refractivity contribution in [3.63, 3.8) is 0 Å². The molecule has 20 heavy (non-hydrogen) atoms. The zero-order valence-corrected chi connectivity index (χ0v) is 10.3. The van der Waals surface area contributed by atoms with Crippen LogP contribution in [0.1, 0.15) is 12.8 Å². The number of nitro benzene ring substituents is 1. The van der Waals surface area contributed by atoms with Gasteiger partial charge in [0, 0.05) is 12.1 Å². The highest BCUT2D eigenvalue weighted by Gasteiger charge is 2.31. The van der Waals surface area contributed by atoms with Gasteiger partial charge in [0.05, 0.1) is 11.0 Å². The molecular formula is C12H12FNO6. The average Bonchev–Trinajstić information content (AvgIpc) is 2.85. The van der Waals surface area contributed by atoms with Crippen LogP contribution in [0.3, 0.4) is 0 Å². The first-order chi connectivity index (χ1) is 9.47. The van der Waals surface area contributed by atoms with Gasteiger partial charge in [-0.25, -0.2) is 9.18 Å². The molecule has 1 aromatic carbocycles. The number of nitro groups is 1. The van der Waals surface area contributed by atoms with Crippen molar-refractivity contribution < 1.29 is 28.7 Å². The van der Waals surface area contributed by atoms with Crippen molar-refractivity contribution in [1.29, 1.82) is 0 Å². The summed E-state index contributed by atoms with van der Waals surface area (Å²) in [6.45, 7) is -0.0614. The molecule has 2 rings (SSSR count). The van der Waals surface area contributed by atoms with Crippen LogP contribution in [-0.2, 0) is 9.53 Å². The third-order valence-electron chi connectivity index (χ3n) is 2.93. The van der Waals surface area contributed by atoms with Gasteiger partial charge in [0.1, 0.15) is 12.4 Å². The van der Waals surface area contributed by atoms with Gasteiger partial charge in [-0.3, -0.25) is 10.1 Å². The molecule has 0 amide bonds. The number of rotatable bonds is 5. The number of aliphatic carboxylic acids is 1. The molecule has 108 valence electrons. The molecule has 1 heterocycles. The van der Waals surface area contributed by atoms with Crippen LogP contribution in [0, 0.1) is 15.9 Å². The summed E-state index contributed by atoms with van der Waals surface area (Å²) in [7, 11) is 0. The second kappa shape index (κ2) is 5.83. The summed E-state index contributed by atoms with van der Waals surface area (Å²) in [5.74, 6) is -1.90. The highest BCUT2D eigenvalue weighted by molar-refractivity contribution is 5.72. The van der Waals surface area contributed by atoms with Crippen LogP contribution in [0.15, 0.2) is 18.2 Å². The van der Waals surface area contributed by atoms with E-state index in [2.05, 4.69) is 0 Å². The Hall–Kier alpha value is -2.22. The van der Waals surface area contributed by atoms with E-state index in [1.54, 1.807) is 0 Å². The van der Waals surface area contributed by atoms with Gasteiger partial charge in [0.2, 0.25) is 0 Å². The Balaban J connectivity index is 1.99. The molecule has 0 radical (unpaired) electrons. The summed E-state index contributed by atoms with van der Waals surface area (Å²) >= 11 is 0. The Morgan fingerprint density at radius 2 is 2.30 bits per heavy atom. The first-order valence-corrected chi connectivity index (χ1v) is 5.92. The lowest BCUT2D eigenvalue weighted by atomic mass is 10.2. The molecule has 1 aliphatic heterocycles. The van der Waals surface area contributed by atoms with Crippen LogP contribution in [-0.4, -0.2) is 34.8 Å². The summed E-state index contributed by atoms with van der Waals surface area (Å²) in [5.41, 5.74) is -0.348. The number of carboxylic acid groups (broad SMARTS) is 1. The Labute approximate surface area is 113 Å². The first-order valence-electron chi connectivity index (χ1n) is 5.92. The molecule has 0 aliphatic carbocycles. The van der Waals surface area contributed by atoms with E-state index in [0.717, 1.165) is 18.2 Å². The van der Waals surface area contributed by atoms with E-state index >= 15 is 0 Å². The van der Waals surface area contributed by atoms with Gasteiger partial charge in [-0.05, 0) is 18.9 Å². The lowest BCUT2D eigenvalue weighted by Gasteiger charge is -2.12. The maximum atomic E-state index is 13.1. The number of carboxylic acids is 1. The van der Waals surface area contributed by atoms with Crippen molar-refractivity contribution in [2.75, 3.05) is 6.61 Å². The molecule has 2 atom stereocenters. The number of benzene rings is 1. The van der Waals surface area contributed by atoms with Crippen LogP contribution in [0.2, 0.25) is 0 Å². The number of halogens is 1. The zero-order chi connectivity index (χ0) is 14.7. The van der Waals surface area contributed by atoms with Gasteiger partial charge in [0.15, 0.2) is 11.9 Å². The summed E-state index contributed by atoms with van der Waals surface area (Å²) < 4.78 is 23.4. The quantitative estimate of drug-likeness (QED) is 0.653. The highest BCUT2D eigenvalue weighted by Crippen LogP contribution is 2.29. The zero-order valence-electron chi connectivity index (χ0n) is 10.3. The van der Waals surface area contributed by atoms with Crippen LogP contribution < -0.4 is 4.74 Å². The molecule has 7 nitrogen and oxygen atoms in total. The highest BCUT2D eigenvalue weighted by atomic mass is 19.1. The standard InChI is InChI=1S/C12H12FNO6/c13-7-1-3-9(14(17)18)11(5-7)19-6-8-2-4-10(20-8)12(15)16/h1,3,5,8,10H,2,4,6H2,(H,15,16). The molecule has 1 saturated heterocycles. The predicted octanol–water partition coefficient (Wildman–Crippen LogP) is 1.74. The molecule has 0 saturated carbocycles. The van der Waals surface area contributed by atoms with E-state index in [9.17, 15) is 19.3 Å². The first kappa shape index (κ1) is 14.2. The molecule has 8 heteroatoms. The fourth-order valence-electron chi connectivity index (χ4n) is 1.95. The van der Waals surface area contributed by atoms with E-state index in [0.29, 0.717) is 12.8 Å². The minimum Gasteiger partial charge on any atom is -0.484 e. The van der Waals surface area contributed by atoms with Crippen molar-refractivity contribution in [1.82, 2.24) is 0 Å². The topological polar surface area (TPSA) is 98.9 Å². The van der Waals surface area contributed by atoms with E-state index in [-0.39, 0.29) is 18.0 Å². The van der Waals surface area contributed by atoms with E-state index in [1.165, 1.54) is 0 Å². The van der Waals surface area contributed by atoms with Crippen molar-refractivity contribution in [2.45, 2.75) is 25.0 Å². The molecule has 0 bridgehead atoms. The summed E-state index contributed by atoms with van der Waals surface area (Å²) in [6.07, 6.45) is -0.528. The van der Waals surface area contributed by atoms with Gasteiger partial charge in [-0.2, -0.15) is 0 Å². The lowest BCUT2D eigenvalue weighted by molar-refractivity contribution is -0.386. The molecule has 1 fully saturated rings. The van der Waals surface area contributed by atoms with Gasteiger partial charge in [-0.15, -0.1) is 0 Å². The molecule has 1 aromatic rings. The van der Waals surface area contributed by atoms with Crippen molar-refractivity contribution in [3.05, 3.63) is 34.1 Å². The van der Waals surface area contributed by atoms with Crippen molar-refractivity contribution in [3.8, 4) is 5.75 Å². The second-order valence-electron chi connectivity index (χ2n) is 4.34. The number of carbonyl (C=O) groups is 1. The second-order valence-corrected chi connectivity index (χ2v) is 4.34. The normalized spacial score (nSPS) is 21.6. The average molecular weight is 285 g/mol. The van der Waals surface area contributed by atoms with E-state index in [4.69, 9.17) is 14.6 Å². The minimum absolute atomic E-state index is 0.0614. The maximum absolute atomic E-state index is 13.1. The summed E-state index contributed by atoms with van der Waals surface area (Å²) in [6, 6.07) is 2.90. The third kappa shape index (κ3) is 3.21. The lowest BCUT2D eigenvalue weighted by Crippen LogP contribution is -2.23. The van der Waals surface area contributed by atoms with Crippen LogP contribution in [0.4, 0.5) is 10.1 Å². The van der Waals surface area contributed by atoms with E-state index in [1.807, 2.05) is 0 Å². The van der Waals surface area contributed by atoms with Gasteiger partial charge in [0.25, 0.3) is 0 Å². The Kier molecular flexibility index (Phi) is 4.14. The number of ether oxygens (including phenoxy) is 2. The molecule has 1 N–H and O–H groups in total. The minimum atomic E-state index is -1.05. The molecule has 0 spiro atoms. The van der Waals surface area contributed by atoms with Crippen LogP contribution >= 0.6 is 0 Å². The fraction of sp³-hybridized carbons (Fsp3) is 0.417. The summed E-state index contributed by atoms with van der Waals surface area (Å²) in [5, 5.41) is 19.5. The van der Waals surface area contributed by atoms with Gasteiger partial charge < -0.3 is 14.6 Å². The molecule has 2 unspecified atom stereocenters. The number of hydrogen-bond donors (Lipinski definition) is 1. The monoisotopic (exact) mass is 285 g/mol. The van der Waals surface area contributed by atoms with Crippen LogP contribution in [0.25, 0.3) is 0 Å². The molecule has 0 aromatic heterocycles. The van der Waals surface area contributed by atoms with Gasteiger partial charge >= 0.3 is 11.7 Å². The SMILES string of the molecule is O=C(O)C1CCC(COc2cc(F)ccc2[N+](=O)[O-])O1. The van der Waals surface area contributed by atoms with Crippen molar-refractivity contribution in [2.24, 2.45) is 0 Å². The third-order valence-corrected chi connectivity index (χ3v) is 2.93. The fourth-order valence-corrected chi connectivity index (χ4v) is 1.95. The maximum Gasteiger partial charge on any atom is 0.332 e. The Morgan fingerprint density at radius 1 is 1.55 bits per heavy atom. The molecule has 1 aliphatic rings. The van der Waals surface area contributed by atoms with Crippen molar-refractivity contribution >= 4 is 11.7 Å². The van der Waals surface area contributed by atoms with Gasteiger partial charge in [-0.1, -0.05) is 0 Å². The molecular weight excluding hydrogens is 273 g/mol. The van der Waals surface area contributed by atoms with Crippen LogP contribution in [0.5, 0.6) is 5.75 Å². The Morgan fingerprint density at radius 3 is 2.90 bits per heavy atom. The Bertz CT molecular complexity index is 535.